The Bertz CT molecular complexity index is 687. The lowest BCUT2D eigenvalue weighted by Crippen LogP contribution is -2.46. The zero-order valence-corrected chi connectivity index (χ0v) is 16.1. The largest absolute Gasteiger partial charge is 0.467 e. The lowest BCUT2D eigenvalue weighted by Gasteiger charge is -2.21. The molecule has 0 aliphatic heterocycles. The summed E-state index contributed by atoms with van der Waals surface area (Å²) in [7, 11) is 1.32. The quantitative estimate of drug-likeness (QED) is 0.510. The van der Waals surface area contributed by atoms with Crippen molar-refractivity contribution >= 4 is 35.0 Å². The van der Waals surface area contributed by atoms with E-state index in [9.17, 15) is 9.59 Å². The number of aromatic amines is 1. The molecule has 0 fully saturated rings. The van der Waals surface area contributed by atoms with E-state index in [0.29, 0.717) is 11.6 Å². The molecule has 2 N–H and O–H groups in total. The van der Waals surface area contributed by atoms with Crippen molar-refractivity contribution in [2.24, 2.45) is 5.92 Å². The molecule has 0 aliphatic carbocycles. The number of methoxy groups -OCH3 is 1. The average molecular weight is 383 g/mol. The van der Waals surface area contributed by atoms with Crippen LogP contribution < -0.4 is 5.32 Å². The van der Waals surface area contributed by atoms with Crippen LogP contribution in [0.3, 0.4) is 0 Å². The second-order valence-corrected chi connectivity index (χ2v) is 7.54. The zero-order valence-electron chi connectivity index (χ0n) is 14.4. The van der Waals surface area contributed by atoms with E-state index < -0.39 is 12.0 Å². The van der Waals surface area contributed by atoms with Crippen LogP contribution in [0.2, 0.25) is 0 Å². The third-order valence-corrected chi connectivity index (χ3v) is 5.47. The summed E-state index contributed by atoms with van der Waals surface area (Å²) in [6.07, 6.45) is 1.45. The first kappa shape index (κ1) is 19.5. The maximum Gasteiger partial charge on any atom is 0.328 e. The fourth-order valence-electron chi connectivity index (χ4n) is 2.14. The van der Waals surface area contributed by atoms with Gasteiger partial charge in [-0.05, 0) is 17.4 Å². The van der Waals surface area contributed by atoms with Crippen LogP contribution >= 0.6 is 23.1 Å². The molecule has 0 saturated carbocycles. The molecule has 0 radical (unpaired) electrons. The Hall–Kier alpha value is -1.87. The van der Waals surface area contributed by atoms with Gasteiger partial charge in [0, 0.05) is 11.3 Å². The first-order chi connectivity index (χ1) is 12.0. The van der Waals surface area contributed by atoms with Crippen molar-refractivity contribution in [2.45, 2.75) is 37.9 Å². The van der Waals surface area contributed by atoms with Gasteiger partial charge in [-0.1, -0.05) is 38.1 Å². The Kier molecular flexibility index (Phi) is 7.45. The summed E-state index contributed by atoms with van der Waals surface area (Å²) in [6.45, 7) is 3.87. The lowest BCUT2D eigenvalue weighted by atomic mass is 9.99. The number of amides is 1. The molecule has 2 unspecified atom stereocenters. The molecular formula is C16H22N4O3S2. The fourth-order valence-corrected chi connectivity index (χ4v) is 3.48. The molecule has 2 rings (SSSR count). The summed E-state index contributed by atoms with van der Waals surface area (Å²) in [4.78, 5) is 29.5. The van der Waals surface area contributed by atoms with Crippen molar-refractivity contribution < 1.29 is 14.3 Å². The van der Waals surface area contributed by atoms with Gasteiger partial charge in [0.05, 0.1) is 12.9 Å². The number of hydrogen-bond donors (Lipinski definition) is 2. The molecule has 0 aliphatic rings. The highest BCUT2D eigenvalue weighted by Crippen LogP contribution is 2.16. The van der Waals surface area contributed by atoms with Crippen molar-refractivity contribution in [3.63, 3.8) is 0 Å². The van der Waals surface area contributed by atoms with Crippen molar-refractivity contribution in [1.29, 1.82) is 0 Å². The first-order valence-electron chi connectivity index (χ1n) is 7.97. The van der Waals surface area contributed by atoms with Gasteiger partial charge in [0.1, 0.15) is 11.9 Å². The Morgan fingerprint density at radius 1 is 1.48 bits per heavy atom. The molecule has 2 aromatic heterocycles. The van der Waals surface area contributed by atoms with Crippen LogP contribution in [0.1, 0.15) is 31.0 Å². The van der Waals surface area contributed by atoms with E-state index in [4.69, 9.17) is 4.74 Å². The maximum atomic E-state index is 12.1. The number of carbonyl (C=O) groups excluding carboxylic acids is 2. The SMILES string of the molecule is CCC(C)C(NC(=O)CSc1n[nH]c(Cc2cccs2)n1)C(=O)OC. The zero-order chi connectivity index (χ0) is 18.2. The van der Waals surface area contributed by atoms with Gasteiger partial charge in [-0.25, -0.2) is 9.78 Å². The molecule has 2 aromatic rings. The molecule has 0 aromatic carbocycles. The minimum Gasteiger partial charge on any atom is -0.467 e. The Morgan fingerprint density at radius 2 is 2.28 bits per heavy atom. The van der Waals surface area contributed by atoms with Crippen LogP contribution in [0.25, 0.3) is 0 Å². The molecular weight excluding hydrogens is 360 g/mol. The number of thioether (sulfide) groups is 1. The van der Waals surface area contributed by atoms with E-state index in [1.165, 1.54) is 23.7 Å². The monoisotopic (exact) mass is 382 g/mol. The number of ether oxygens (including phenoxy) is 1. The van der Waals surface area contributed by atoms with Crippen LogP contribution in [0.5, 0.6) is 0 Å². The smallest absolute Gasteiger partial charge is 0.328 e. The van der Waals surface area contributed by atoms with Crippen molar-refractivity contribution in [1.82, 2.24) is 20.5 Å². The maximum absolute atomic E-state index is 12.1. The van der Waals surface area contributed by atoms with Gasteiger partial charge in [0.2, 0.25) is 11.1 Å². The molecule has 9 heteroatoms. The molecule has 2 heterocycles. The molecule has 2 atom stereocenters. The number of carbonyl (C=O) groups is 2. The highest BCUT2D eigenvalue weighted by molar-refractivity contribution is 7.99. The number of esters is 1. The van der Waals surface area contributed by atoms with Crippen molar-refractivity contribution in [2.75, 3.05) is 12.9 Å². The van der Waals surface area contributed by atoms with Gasteiger partial charge >= 0.3 is 5.97 Å². The number of hydrogen-bond acceptors (Lipinski definition) is 7. The standard InChI is InChI=1S/C16H22N4O3S2/c1-4-10(2)14(15(22)23-3)18-13(21)9-25-16-17-12(19-20-16)8-11-6-5-7-24-11/h5-7,10,14H,4,8-9H2,1-3H3,(H,18,21)(H,17,19,20). The van der Waals surface area contributed by atoms with E-state index in [1.54, 1.807) is 11.3 Å². The Balaban J connectivity index is 1.84. The summed E-state index contributed by atoms with van der Waals surface area (Å²) in [6, 6.07) is 3.39. The molecule has 7 nitrogen and oxygen atoms in total. The highest BCUT2D eigenvalue weighted by atomic mass is 32.2. The second kappa shape index (κ2) is 9.57. The number of nitrogens with one attached hydrogen (secondary N) is 2. The minimum absolute atomic E-state index is 0.00214. The average Bonchev–Trinajstić information content (AvgIpc) is 3.29. The Labute approximate surface area is 155 Å². The third-order valence-electron chi connectivity index (χ3n) is 3.75. The molecule has 1 amide bonds. The van der Waals surface area contributed by atoms with Gasteiger partial charge < -0.3 is 10.1 Å². The fraction of sp³-hybridized carbons (Fsp3) is 0.500. The van der Waals surface area contributed by atoms with E-state index in [2.05, 4.69) is 20.5 Å². The van der Waals surface area contributed by atoms with Crippen LogP contribution in [0.15, 0.2) is 22.7 Å². The number of rotatable bonds is 9. The van der Waals surface area contributed by atoms with Crippen molar-refractivity contribution in [3.8, 4) is 0 Å². The molecule has 0 bridgehead atoms. The summed E-state index contributed by atoms with van der Waals surface area (Å²) >= 11 is 2.89. The number of H-pyrrole nitrogens is 1. The number of aromatic nitrogens is 3. The van der Waals surface area contributed by atoms with Gasteiger partial charge in [-0.3, -0.25) is 9.89 Å². The summed E-state index contributed by atoms with van der Waals surface area (Å²) < 4.78 is 4.76. The molecule has 136 valence electrons. The van der Waals surface area contributed by atoms with Gasteiger partial charge in [-0.15, -0.1) is 16.4 Å². The first-order valence-corrected chi connectivity index (χ1v) is 9.83. The van der Waals surface area contributed by atoms with Gasteiger partial charge in [-0.2, -0.15) is 0 Å². The van der Waals surface area contributed by atoms with Gasteiger partial charge in [0.25, 0.3) is 0 Å². The number of nitrogens with zero attached hydrogens (tertiary/aromatic N) is 2. The topological polar surface area (TPSA) is 97.0 Å². The minimum atomic E-state index is -0.635. The number of thiophene rings is 1. The second-order valence-electron chi connectivity index (χ2n) is 5.56. The summed E-state index contributed by atoms with van der Waals surface area (Å²) in [5.74, 6) is 0.231. The van der Waals surface area contributed by atoms with E-state index in [0.717, 1.165) is 12.2 Å². The van der Waals surface area contributed by atoms with Crippen LogP contribution in [-0.4, -0.2) is 46.0 Å². The summed E-state index contributed by atoms with van der Waals surface area (Å²) in [5, 5.41) is 12.3. The van der Waals surface area contributed by atoms with E-state index in [-0.39, 0.29) is 17.6 Å². The summed E-state index contributed by atoms with van der Waals surface area (Å²) in [5.41, 5.74) is 0. The van der Waals surface area contributed by atoms with Crippen LogP contribution in [0.4, 0.5) is 0 Å². The Morgan fingerprint density at radius 3 is 2.92 bits per heavy atom. The lowest BCUT2D eigenvalue weighted by molar-refractivity contribution is -0.146. The van der Waals surface area contributed by atoms with Gasteiger partial charge in [0.15, 0.2) is 0 Å². The van der Waals surface area contributed by atoms with Crippen LogP contribution in [0, 0.1) is 5.92 Å². The van der Waals surface area contributed by atoms with Crippen LogP contribution in [-0.2, 0) is 20.7 Å². The van der Waals surface area contributed by atoms with E-state index in [1.807, 2.05) is 31.4 Å². The molecule has 0 saturated heterocycles. The molecule has 0 spiro atoms. The highest BCUT2D eigenvalue weighted by Gasteiger charge is 2.26. The molecule has 25 heavy (non-hydrogen) atoms. The van der Waals surface area contributed by atoms with E-state index >= 15 is 0 Å². The predicted molar refractivity (Wildman–Crippen MR) is 97.6 cm³/mol. The predicted octanol–water partition coefficient (Wildman–Crippen LogP) is 2.25. The third kappa shape index (κ3) is 5.86. The normalized spacial score (nSPS) is 13.2. The van der Waals surface area contributed by atoms with Crippen molar-refractivity contribution in [3.05, 3.63) is 28.2 Å².